The van der Waals surface area contributed by atoms with Crippen molar-refractivity contribution in [1.29, 1.82) is 0 Å². The van der Waals surface area contributed by atoms with Crippen LogP contribution in [0, 0.1) is 17.8 Å². The fraction of sp³-hybridized carbons (Fsp3) is 0.933. The third kappa shape index (κ3) is 2.26. The van der Waals surface area contributed by atoms with E-state index in [0.717, 1.165) is 32.1 Å². The van der Waals surface area contributed by atoms with Crippen LogP contribution in [0.25, 0.3) is 0 Å². The van der Waals surface area contributed by atoms with Crippen LogP contribution in [0.15, 0.2) is 0 Å². The van der Waals surface area contributed by atoms with Crippen molar-refractivity contribution in [3.63, 3.8) is 0 Å². The van der Waals surface area contributed by atoms with E-state index in [1.165, 1.54) is 0 Å². The van der Waals surface area contributed by atoms with E-state index in [4.69, 9.17) is 14.2 Å². The Hall–Kier alpha value is -0.650. The highest BCUT2D eigenvalue weighted by Crippen LogP contribution is 2.50. The summed E-state index contributed by atoms with van der Waals surface area (Å²) in [5.41, 5.74) is 0. The Morgan fingerprint density at radius 1 is 1.10 bits per heavy atom. The second-order valence-corrected chi connectivity index (χ2v) is 6.34. The van der Waals surface area contributed by atoms with E-state index in [9.17, 15) is 9.90 Å². The fourth-order valence-electron chi connectivity index (χ4n) is 4.62. The molecule has 0 spiro atoms. The number of carbonyl (C=O) groups is 1. The molecule has 1 heterocycles. The van der Waals surface area contributed by atoms with Crippen molar-refractivity contribution >= 4 is 5.97 Å². The number of methoxy groups -OCH3 is 2. The molecule has 0 amide bonds. The fourth-order valence-corrected chi connectivity index (χ4v) is 4.62. The molecule has 5 nitrogen and oxygen atoms in total. The van der Waals surface area contributed by atoms with Gasteiger partial charge in [0.1, 0.15) is 0 Å². The number of carboxylic acid groups (broad SMARTS) is 1. The van der Waals surface area contributed by atoms with Crippen LogP contribution in [-0.2, 0) is 19.0 Å². The van der Waals surface area contributed by atoms with Crippen molar-refractivity contribution in [2.75, 3.05) is 14.2 Å². The number of rotatable bonds is 3. The highest BCUT2D eigenvalue weighted by molar-refractivity contribution is 5.71. The lowest BCUT2D eigenvalue weighted by molar-refractivity contribution is -0.156. The molecular weight excluding hydrogens is 260 g/mol. The highest BCUT2D eigenvalue weighted by Gasteiger charge is 2.56. The first-order chi connectivity index (χ1) is 9.65. The number of aliphatic carboxylic acids is 1. The lowest BCUT2D eigenvalue weighted by Crippen LogP contribution is -2.47. The van der Waals surface area contributed by atoms with Crippen LogP contribution in [0.5, 0.6) is 0 Å². The Balaban J connectivity index is 1.84. The van der Waals surface area contributed by atoms with Crippen LogP contribution in [0.1, 0.15) is 32.1 Å². The molecule has 0 bridgehead atoms. The molecule has 20 heavy (non-hydrogen) atoms. The van der Waals surface area contributed by atoms with Crippen LogP contribution >= 0.6 is 0 Å². The minimum atomic E-state index is -0.740. The van der Waals surface area contributed by atoms with Crippen LogP contribution in [0.2, 0.25) is 0 Å². The first kappa shape index (κ1) is 14.3. The molecule has 1 N–H and O–H groups in total. The molecule has 5 heteroatoms. The number of hydrogen-bond donors (Lipinski definition) is 1. The minimum Gasteiger partial charge on any atom is -0.481 e. The zero-order valence-corrected chi connectivity index (χ0v) is 12.2. The molecule has 2 saturated carbocycles. The second-order valence-electron chi connectivity index (χ2n) is 6.34. The van der Waals surface area contributed by atoms with E-state index in [0.29, 0.717) is 5.92 Å². The molecule has 0 aromatic heterocycles. The molecule has 3 rings (SSSR count). The maximum absolute atomic E-state index is 11.7. The molecular formula is C15H24O5. The lowest BCUT2D eigenvalue weighted by atomic mass is 9.66. The molecule has 0 radical (unpaired) electrons. The summed E-state index contributed by atoms with van der Waals surface area (Å²) in [6.07, 6.45) is 4.99. The normalized spacial score (nSPS) is 47.6. The Kier molecular flexibility index (Phi) is 4.02. The van der Waals surface area contributed by atoms with Gasteiger partial charge in [0.25, 0.3) is 0 Å². The summed E-state index contributed by atoms with van der Waals surface area (Å²) < 4.78 is 17.1. The third-order valence-electron chi connectivity index (χ3n) is 5.53. The maximum atomic E-state index is 11.7. The summed E-state index contributed by atoms with van der Waals surface area (Å²) in [6.45, 7) is 0. The molecule has 0 aromatic rings. The van der Waals surface area contributed by atoms with Gasteiger partial charge in [-0.05, 0) is 38.0 Å². The van der Waals surface area contributed by atoms with Crippen molar-refractivity contribution in [2.24, 2.45) is 17.8 Å². The average molecular weight is 284 g/mol. The number of fused-ring (bicyclic) bond motifs is 3. The average Bonchev–Trinajstić information content (AvgIpc) is 2.83. The maximum Gasteiger partial charge on any atom is 0.309 e. The molecule has 1 aliphatic heterocycles. The van der Waals surface area contributed by atoms with E-state index < -0.39 is 11.9 Å². The number of ether oxygens (including phenoxy) is 3. The summed E-state index contributed by atoms with van der Waals surface area (Å²) >= 11 is 0. The van der Waals surface area contributed by atoms with Gasteiger partial charge in [-0.25, -0.2) is 0 Å². The van der Waals surface area contributed by atoms with Crippen molar-refractivity contribution in [2.45, 2.75) is 56.5 Å². The van der Waals surface area contributed by atoms with E-state index in [2.05, 4.69) is 0 Å². The Labute approximate surface area is 119 Å². The van der Waals surface area contributed by atoms with Gasteiger partial charge >= 0.3 is 5.97 Å². The largest absolute Gasteiger partial charge is 0.481 e. The summed E-state index contributed by atoms with van der Waals surface area (Å²) in [6, 6.07) is 0. The first-order valence-electron chi connectivity index (χ1n) is 7.59. The van der Waals surface area contributed by atoms with Gasteiger partial charge in [-0.3, -0.25) is 4.79 Å². The minimum absolute atomic E-state index is 0.0779. The summed E-state index contributed by atoms with van der Waals surface area (Å²) in [5, 5.41) is 9.63. The Bertz CT molecular complexity index is 371. The molecule has 0 aromatic carbocycles. The van der Waals surface area contributed by atoms with Gasteiger partial charge in [-0.15, -0.1) is 0 Å². The van der Waals surface area contributed by atoms with E-state index in [1.54, 1.807) is 14.2 Å². The molecule has 7 unspecified atom stereocenters. The van der Waals surface area contributed by atoms with Gasteiger partial charge in [0.15, 0.2) is 0 Å². The Morgan fingerprint density at radius 3 is 2.50 bits per heavy atom. The molecule has 1 saturated heterocycles. The topological polar surface area (TPSA) is 65.0 Å². The van der Waals surface area contributed by atoms with E-state index in [-0.39, 0.29) is 30.3 Å². The Morgan fingerprint density at radius 2 is 1.85 bits per heavy atom. The van der Waals surface area contributed by atoms with Crippen molar-refractivity contribution in [3.05, 3.63) is 0 Å². The molecule has 3 fully saturated rings. The standard InChI is InChI=1S/C15H24O5/c1-18-8-3-4-10-9(7-8)13-12(20-10)6-5-11(19-2)14(13)15(16)17/h8-14H,3-7H2,1-2H3,(H,16,17). The lowest BCUT2D eigenvalue weighted by Gasteiger charge is -2.39. The smallest absolute Gasteiger partial charge is 0.309 e. The summed E-state index contributed by atoms with van der Waals surface area (Å²) in [7, 11) is 3.36. The van der Waals surface area contributed by atoms with Crippen molar-refractivity contribution in [3.8, 4) is 0 Å². The van der Waals surface area contributed by atoms with E-state index >= 15 is 0 Å². The molecule has 2 aliphatic carbocycles. The second kappa shape index (κ2) is 5.62. The molecule has 114 valence electrons. The van der Waals surface area contributed by atoms with Crippen LogP contribution in [-0.4, -0.2) is 49.7 Å². The predicted octanol–water partition coefficient (Wildman–Crippen LogP) is 1.69. The van der Waals surface area contributed by atoms with Crippen LogP contribution in [0.4, 0.5) is 0 Å². The first-order valence-corrected chi connectivity index (χ1v) is 7.59. The molecule has 7 atom stereocenters. The number of carboxylic acids is 1. The zero-order chi connectivity index (χ0) is 14.3. The predicted molar refractivity (Wildman–Crippen MR) is 71.4 cm³/mol. The van der Waals surface area contributed by atoms with Crippen LogP contribution < -0.4 is 0 Å². The quantitative estimate of drug-likeness (QED) is 0.854. The van der Waals surface area contributed by atoms with Gasteiger partial charge < -0.3 is 19.3 Å². The van der Waals surface area contributed by atoms with Gasteiger partial charge in [0.05, 0.1) is 30.3 Å². The van der Waals surface area contributed by atoms with Crippen molar-refractivity contribution < 1.29 is 24.1 Å². The van der Waals surface area contributed by atoms with Gasteiger partial charge in [-0.1, -0.05) is 0 Å². The summed E-state index contributed by atoms with van der Waals surface area (Å²) in [5.74, 6) is -0.799. The third-order valence-corrected chi connectivity index (χ3v) is 5.53. The monoisotopic (exact) mass is 284 g/mol. The molecule has 3 aliphatic rings. The zero-order valence-electron chi connectivity index (χ0n) is 12.2. The SMILES string of the molecule is COC1CCC2OC3CCC(OC)C(C(=O)O)C3C2C1. The summed E-state index contributed by atoms with van der Waals surface area (Å²) in [4.78, 5) is 11.7. The van der Waals surface area contributed by atoms with Crippen molar-refractivity contribution in [1.82, 2.24) is 0 Å². The van der Waals surface area contributed by atoms with E-state index in [1.807, 2.05) is 0 Å². The van der Waals surface area contributed by atoms with Gasteiger partial charge in [-0.2, -0.15) is 0 Å². The van der Waals surface area contributed by atoms with Crippen LogP contribution in [0.3, 0.4) is 0 Å². The van der Waals surface area contributed by atoms with Gasteiger partial charge in [0, 0.05) is 20.1 Å². The highest BCUT2D eigenvalue weighted by atomic mass is 16.5. The number of hydrogen-bond acceptors (Lipinski definition) is 4. The van der Waals surface area contributed by atoms with Gasteiger partial charge in [0.2, 0.25) is 0 Å².